The summed E-state index contributed by atoms with van der Waals surface area (Å²) in [5, 5.41) is 4.76. The molecule has 0 saturated carbocycles. The minimum atomic E-state index is -0.367. The van der Waals surface area contributed by atoms with E-state index in [1.54, 1.807) is 30.3 Å². The van der Waals surface area contributed by atoms with Crippen LogP contribution in [0.5, 0.6) is 0 Å². The van der Waals surface area contributed by atoms with Gasteiger partial charge in [-0.25, -0.2) is 4.39 Å². The molecule has 1 heterocycles. The lowest BCUT2D eigenvalue weighted by atomic mass is 10.0. The topological polar surface area (TPSA) is 52.0 Å². The van der Waals surface area contributed by atoms with E-state index < -0.39 is 0 Å². The molecule has 0 aliphatic rings. The molecule has 0 unspecified atom stereocenters. The zero-order chi connectivity index (χ0) is 15.0. The predicted octanol–water partition coefficient (Wildman–Crippen LogP) is 5.04. The van der Waals surface area contributed by atoms with Gasteiger partial charge in [-0.1, -0.05) is 46.6 Å². The van der Waals surface area contributed by atoms with Crippen molar-refractivity contribution >= 4 is 29.1 Å². The van der Waals surface area contributed by atoms with Crippen molar-refractivity contribution in [2.45, 2.75) is 0 Å². The predicted molar refractivity (Wildman–Crippen MR) is 81.8 cm³/mol. The fourth-order valence-corrected chi connectivity index (χ4v) is 2.36. The van der Waals surface area contributed by atoms with Crippen LogP contribution < -0.4 is 5.73 Å². The number of nitrogen functional groups attached to an aromatic ring is 1. The van der Waals surface area contributed by atoms with Crippen LogP contribution in [-0.2, 0) is 0 Å². The molecule has 21 heavy (non-hydrogen) atoms. The van der Waals surface area contributed by atoms with Crippen LogP contribution in [-0.4, -0.2) is 5.16 Å². The molecule has 0 fully saturated rings. The fourth-order valence-electron chi connectivity index (χ4n) is 2.07. The molecule has 0 aliphatic heterocycles. The Morgan fingerprint density at radius 1 is 1.00 bits per heavy atom. The van der Waals surface area contributed by atoms with Crippen molar-refractivity contribution < 1.29 is 8.91 Å². The Kier molecular flexibility index (Phi) is 3.57. The summed E-state index contributed by atoms with van der Waals surface area (Å²) in [5.74, 6) is -0.255. The number of hydrogen-bond donors (Lipinski definition) is 1. The number of nitrogens with two attached hydrogens (primary N) is 1. The van der Waals surface area contributed by atoms with E-state index in [4.69, 9.17) is 33.5 Å². The maximum atomic E-state index is 13.4. The quantitative estimate of drug-likeness (QED) is 0.719. The van der Waals surface area contributed by atoms with Crippen molar-refractivity contribution in [3.63, 3.8) is 0 Å². The summed E-state index contributed by atoms with van der Waals surface area (Å²) >= 11 is 11.9. The molecule has 0 radical (unpaired) electrons. The third-order valence-corrected chi connectivity index (χ3v) is 3.76. The van der Waals surface area contributed by atoms with E-state index in [0.717, 1.165) is 0 Å². The largest absolute Gasteiger partial charge is 0.367 e. The van der Waals surface area contributed by atoms with E-state index >= 15 is 0 Å². The lowest BCUT2D eigenvalue weighted by Crippen LogP contribution is -1.88. The molecule has 3 nitrogen and oxygen atoms in total. The standard InChI is InChI=1S/C15H9Cl2FN2O/c16-11-5-4-9(7-12(11)17)14-13(15(19)21-20-14)8-2-1-3-10(18)6-8/h1-7H,19H2. The molecular weight excluding hydrogens is 314 g/mol. The van der Waals surface area contributed by atoms with E-state index in [1.807, 2.05) is 0 Å². The van der Waals surface area contributed by atoms with Crippen LogP contribution in [0.4, 0.5) is 10.3 Å². The monoisotopic (exact) mass is 322 g/mol. The number of nitrogens with zero attached hydrogens (tertiary/aromatic N) is 1. The van der Waals surface area contributed by atoms with Crippen molar-refractivity contribution in [1.82, 2.24) is 5.16 Å². The summed E-state index contributed by atoms with van der Waals surface area (Å²) < 4.78 is 18.5. The molecule has 2 aromatic carbocycles. The Bertz CT molecular complexity index is 817. The molecular formula is C15H9Cl2FN2O. The van der Waals surface area contributed by atoms with Gasteiger partial charge in [-0.3, -0.25) is 0 Å². The molecule has 3 rings (SSSR count). The normalized spacial score (nSPS) is 10.8. The average Bonchev–Trinajstić information content (AvgIpc) is 2.84. The van der Waals surface area contributed by atoms with Crippen LogP contribution in [0, 0.1) is 5.82 Å². The van der Waals surface area contributed by atoms with Crippen LogP contribution in [0.25, 0.3) is 22.4 Å². The molecule has 3 aromatic rings. The van der Waals surface area contributed by atoms with E-state index in [2.05, 4.69) is 5.16 Å². The van der Waals surface area contributed by atoms with Gasteiger partial charge in [0, 0.05) is 5.56 Å². The first-order valence-corrected chi connectivity index (χ1v) is 6.78. The van der Waals surface area contributed by atoms with E-state index in [9.17, 15) is 4.39 Å². The van der Waals surface area contributed by atoms with Gasteiger partial charge in [-0.05, 0) is 29.8 Å². The molecule has 0 atom stereocenters. The van der Waals surface area contributed by atoms with Gasteiger partial charge in [0.05, 0.1) is 15.6 Å². The number of anilines is 1. The third-order valence-electron chi connectivity index (χ3n) is 3.02. The van der Waals surface area contributed by atoms with Gasteiger partial charge in [0.1, 0.15) is 11.5 Å². The zero-order valence-corrected chi connectivity index (χ0v) is 12.1. The molecule has 0 bridgehead atoms. The highest BCUT2D eigenvalue weighted by Crippen LogP contribution is 2.38. The van der Waals surface area contributed by atoms with Crippen LogP contribution in [0.3, 0.4) is 0 Å². The lowest BCUT2D eigenvalue weighted by Gasteiger charge is -2.04. The SMILES string of the molecule is Nc1onc(-c2ccc(Cl)c(Cl)c2)c1-c1cccc(F)c1. The summed E-state index contributed by atoms with van der Waals surface area (Å²) in [6, 6.07) is 11.1. The second-order valence-corrected chi connectivity index (χ2v) is 5.22. The van der Waals surface area contributed by atoms with Gasteiger partial charge < -0.3 is 10.3 Å². The summed E-state index contributed by atoms with van der Waals surface area (Å²) in [6.45, 7) is 0. The molecule has 106 valence electrons. The van der Waals surface area contributed by atoms with Crippen molar-refractivity contribution in [2.24, 2.45) is 0 Å². The van der Waals surface area contributed by atoms with Crippen molar-refractivity contribution in [1.29, 1.82) is 0 Å². The Morgan fingerprint density at radius 2 is 1.81 bits per heavy atom. The average molecular weight is 323 g/mol. The minimum absolute atomic E-state index is 0.113. The summed E-state index contributed by atoms with van der Waals surface area (Å²) in [5.41, 5.74) is 8.09. The van der Waals surface area contributed by atoms with Crippen molar-refractivity contribution in [2.75, 3.05) is 5.73 Å². The van der Waals surface area contributed by atoms with Crippen LogP contribution in [0.2, 0.25) is 10.0 Å². The van der Waals surface area contributed by atoms with Gasteiger partial charge in [-0.15, -0.1) is 0 Å². The van der Waals surface area contributed by atoms with E-state index in [1.165, 1.54) is 12.1 Å². The van der Waals surface area contributed by atoms with Crippen molar-refractivity contribution in [3.05, 3.63) is 58.3 Å². The molecule has 0 amide bonds. The first kappa shape index (κ1) is 13.9. The second-order valence-electron chi connectivity index (χ2n) is 4.41. The number of benzene rings is 2. The lowest BCUT2D eigenvalue weighted by molar-refractivity contribution is 0.439. The molecule has 0 aliphatic carbocycles. The second kappa shape index (κ2) is 5.39. The van der Waals surface area contributed by atoms with Gasteiger partial charge in [-0.2, -0.15) is 0 Å². The van der Waals surface area contributed by atoms with Crippen molar-refractivity contribution in [3.8, 4) is 22.4 Å². The highest BCUT2D eigenvalue weighted by atomic mass is 35.5. The number of rotatable bonds is 2. The molecule has 1 aromatic heterocycles. The summed E-state index contributed by atoms with van der Waals surface area (Å²) in [6.07, 6.45) is 0. The Labute approximate surface area is 130 Å². The Morgan fingerprint density at radius 3 is 2.52 bits per heavy atom. The van der Waals surface area contributed by atoms with Gasteiger partial charge >= 0.3 is 0 Å². The third kappa shape index (κ3) is 2.60. The maximum Gasteiger partial charge on any atom is 0.230 e. The van der Waals surface area contributed by atoms with E-state index in [-0.39, 0.29) is 11.7 Å². The number of halogens is 3. The highest BCUT2D eigenvalue weighted by molar-refractivity contribution is 6.42. The first-order chi connectivity index (χ1) is 10.1. The van der Waals surface area contributed by atoms with E-state index in [0.29, 0.717) is 32.4 Å². The number of aromatic nitrogens is 1. The molecule has 0 spiro atoms. The van der Waals surface area contributed by atoms with Gasteiger partial charge in [0.15, 0.2) is 0 Å². The van der Waals surface area contributed by atoms with Crippen LogP contribution in [0.15, 0.2) is 47.0 Å². The highest BCUT2D eigenvalue weighted by Gasteiger charge is 2.18. The minimum Gasteiger partial charge on any atom is -0.367 e. The smallest absolute Gasteiger partial charge is 0.230 e. The van der Waals surface area contributed by atoms with Gasteiger partial charge in [0.25, 0.3) is 0 Å². The van der Waals surface area contributed by atoms with Crippen LogP contribution in [0.1, 0.15) is 0 Å². The Balaban J connectivity index is 2.19. The number of hydrogen-bond acceptors (Lipinski definition) is 3. The summed E-state index contributed by atoms with van der Waals surface area (Å²) in [4.78, 5) is 0. The Hall–Kier alpha value is -2.04. The molecule has 0 saturated heterocycles. The first-order valence-electron chi connectivity index (χ1n) is 6.03. The van der Waals surface area contributed by atoms with Gasteiger partial charge in [0.2, 0.25) is 5.88 Å². The molecule has 2 N–H and O–H groups in total. The fraction of sp³-hybridized carbons (Fsp3) is 0. The zero-order valence-electron chi connectivity index (χ0n) is 10.6. The molecule has 6 heteroatoms. The van der Waals surface area contributed by atoms with Crippen LogP contribution >= 0.6 is 23.2 Å². The summed E-state index contributed by atoms with van der Waals surface area (Å²) in [7, 11) is 0. The maximum absolute atomic E-state index is 13.4.